The molecule has 1 unspecified atom stereocenters. The quantitative estimate of drug-likeness (QED) is 0.884. The fraction of sp³-hybridized carbons (Fsp3) is 0.143. The number of benzene rings is 1. The van der Waals surface area contributed by atoms with Gasteiger partial charge in [-0.3, -0.25) is 9.78 Å². The molecule has 3 rings (SSSR count). The van der Waals surface area contributed by atoms with Crippen LogP contribution < -0.4 is 10.1 Å². The molecule has 1 aliphatic rings. The minimum atomic E-state index is -3.61. The Balaban J connectivity index is 2.08. The molecule has 0 spiro atoms. The fourth-order valence-corrected chi connectivity index (χ4v) is 2.82. The van der Waals surface area contributed by atoms with Gasteiger partial charge in [0.15, 0.2) is 6.17 Å². The average Bonchev–Trinajstić information content (AvgIpc) is 2.50. The van der Waals surface area contributed by atoms with Gasteiger partial charge >= 0.3 is 0 Å². The number of carbonyl (C=O) groups excluding carboxylic acids is 1. The van der Waals surface area contributed by atoms with Crippen LogP contribution in [0.25, 0.3) is 0 Å². The molecule has 1 aromatic carbocycles. The minimum absolute atomic E-state index is 0.394. The molecule has 2 aromatic rings. The highest BCUT2D eigenvalue weighted by atomic mass is 32.2. The van der Waals surface area contributed by atoms with Crippen LogP contribution in [0.15, 0.2) is 48.7 Å². The first-order valence-electron chi connectivity index (χ1n) is 6.53. The molecule has 22 heavy (non-hydrogen) atoms. The topological polar surface area (TPSA) is 91.4 Å². The Morgan fingerprint density at radius 2 is 1.91 bits per heavy atom. The first kappa shape index (κ1) is 14.5. The van der Waals surface area contributed by atoms with E-state index in [9.17, 15) is 13.2 Å². The van der Waals surface area contributed by atoms with E-state index in [0.717, 1.165) is 11.3 Å². The van der Waals surface area contributed by atoms with Crippen LogP contribution in [0.3, 0.4) is 0 Å². The number of sulfonamides is 1. The molecule has 0 fully saturated rings. The number of hydrogen-bond acceptors (Lipinski definition) is 5. The molecule has 0 aliphatic carbocycles. The molecule has 2 heterocycles. The Bertz CT molecular complexity index is 808. The Hall–Kier alpha value is -2.45. The van der Waals surface area contributed by atoms with Crippen LogP contribution in [0.4, 0.5) is 5.69 Å². The highest BCUT2D eigenvalue weighted by Gasteiger charge is 2.35. The number of hydrogen-bond donors (Lipinski definition) is 2. The largest absolute Gasteiger partial charge is 0.358 e. The SMILES string of the molecule is CS(=O)(=O)NN1C(=O)c2ccccc2NC1c1ccccn1. The van der Waals surface area contributed by atoms with E-state index >= 15 is 0 Å². The van der Waals surface area contributed by atoms with E-state index in [1.165, 1.54) is 0 Å². The van der Waals surface area contributed by atoms with Crippen molar-refractivity contribution in [2.75, 3.05) is 11.6 Å². The van der Waals surface area contributed by atoms with E-state index in [2.05, 4.69) is 15.1 Å². The maximum Gasteiger partial charge on any atom is 0.273 e. The summed E-state index contributed by atoms with van der Waals surface area (Å²) in [6.07, 6.45) is 1.86. The lowest BCUT2D eigenvalue weighted by atomic mass is 10.1. The van der Waals surface area contributed by atoms with Gasteiger partial charge in [0.2, 0.25) is 10.0 Å². The average molecular weight is 318 g/mol. The number of fused-ring (bicyclic) bond motifs is 1. The zero-order valence-electron chi connectivity index (χ0n) is 11.7. The van der Waals surface area contributed by atoms with Crippen LogP contribution in [0.5, 0.6) is 0 Å². The van der Waals surface area contributed by atoms with Crippen LogP contribution in [-0.2, 0) is 10.0 Å². The summed E-state index contributed by atoms with van der Waals surface area (Å²) in [5.41, 5.74) is 1.56. The predicted molar refractivity (Wildman–Crippen MR) is 81.2 cm³/mol. The fourth-order valence-electron chi connectivity index (χ4n) is 2.27. The van der Waals surface area contributed by atoms with Gasteiger partial charge in [-0.1, -0.05) is 18.2 Å². The lowest BCUT2D eigenvalue weighted by Gasteiger charge is -2.36. The second kappa shape index (κ2) is 5.39. The molecule has 0 saturated heterocycles. The number of para-hydroxylation sites is 1. The van der Waals surface area contributed by atoms with Gasteiger partial charge in [0.1, 0.15) is 0 Å². The van der Waals surface area contributed by atoms with E-state index in [4.69, 9.17) is 0 Å². The van der Waals surface area contributed by atoms with Crippen LogP contribution in [-0.4, -0.2) is 30.6 Å². The Kier molecular flexibility index (Phi) is 3.55. The van der Waals surface area contributed by atoms with Gasteiger partial charge in [0, 0.05) is 11.9 Å². The Labute approximate surface area is 128 Å². The van der Waals surface area contributed by atoms with Gasteiger partial charge in [0.05, 0.1) is 17.5 Å². The number of anilines is 1. The Morgan fingerprint density at radius 1 is 1.18 bits per heavy atom. The van der Waals surface area contributed by atoms with E-state index in [1.54, 1.807) is 48.7 Å². The van der Waals surface area contributed by atoms with Crippen molar-refractivity contribution in [1.29, 1.82) is 0 Å². The lowest BCUT2D eigenvalue weighted by Crippen LogP contribution is -2.52. The van der Waals surface area contributed by atoms with E-state index in [0.29, 0.717) is 16.9 Å². The summed E-state index contributed by atoms with van der Waals surface area (Å²) in [5, 5.41) is 4.17. The molecule has 1 aromatic heterocycles. The monoisotopic (exact) mass is 318 g/mol. The Morgan fingerprint density at radius 3 is 2.59 bits per heavy atom. The van der Waals surface area contributed by atoms with E-state index < -0.39 is 22.1 Å². The van der Waals surface area contributed by atoms with Crippen molar-refractivity contribution in [2.45, 2.75) is 6.17 Å². The molecule has 2 N–H and O–H groups in total. The van der Waals surface area contributed by atoms with Gasteiger partial charge in [-0.2, -0.15) is 0 Å². The number of hydrazine groups is 1. The maximum atomic E-state index is 12.6. The highest BCUT2D eigenvalue weighted by Crippen LogP contribution is 2.30. The molecule has 0 radical (unpaired) electrons. The summed E-state index contributed by atoms with van der Waals surface area (Å²) in [7, 11) is -3.61. The third kappa shape index (κ3) is 2.78. The van der Waals surface area contributed by atoms with Crippen molar-refractivity contribution >= 4 is 21.6 Å². The smallest absolute Gasteiger partial charge is 0.273 e. The number of pyridine rings is 1. The highest BCUT2D eigenvalue weighted by molar-refractivity contribution is 7.88. The van der Waals surface area contributed by atoms with Crippen LogP contribution in [0, 0.1) is 0 Å². The molecule has 0 bridgehead atoms. The van der Waals surface area contributed by atoms with Crippen molar-refractivity contribution in [3.05, 3.63) is 59.9 Å². The summed E-state index contributed by atoms with van der Waals surface area (Å²) < 4.78 is 23.2. The number of carbonyl (C=O) groups is 1. The van der Waals surface area contributed by atoms with Gasteiger partial charge < -0.3 is 5.32 Å². The molecule has 0 saturated carbocycles. The number of aromatic nitrogens is 1. The van der Waals surface area contributed by atoms with Gasteiger partial charge in [-0.05, 0) is 24.3 Å². The van der Waals surface area contributed by atoms with Gasteiger partial charge in [-0.15, -0.1) is 4.83 Å². The number of rotatable bonds is 3. The molecule has 1 atom stereocenters. The first-order chi connectivity index (χ1) is 10.5. The van der Waals surface area contributed by atoms with Gasteiger partial charge in [0.25, 0.3) is 5.91 Å². The van der Waals surface area contributed by atoms with Crippen molar-refractivity contribution in [1.82, 2.24) is 14.8 Å². The van der Waals surface area contributed by atoms with Crippen molar-refractivity contribution in [3.8, 4) is 0 Å². The third-order valence-electron chi connectivity index (χ3n) is 3.16. The molecular formula is C14H14N4O3S. The predicted octanol–water partition coefficient (Wildman–Crippen LogP) is 1.11. The summed E-state index contributed by atoms with van der Waals surface area (Å²) >= 11 is 0. The van der Waals surface area contributed by atoms with Crippen molar-refractivity contribution in [2.24, 2.45) is 0 Å². The zero-order chi connectivity index (χ0) is 15.7. The number of amides is 1. The molecule has 1 amide bonds. The lowest BCUT2D eigenvalue weighted by molar-refractivity contribution is 0.0629. The van der Waals surface area contributed by atoms with Crippen molar-refractivity contribution in [3.63, 3.8) is 0 Å². The maximum absolute atomic E-state index is 12.6. The summed E-state index contributed by atoms with van der Waals surface area (Å²) in [5.74, 6) is -0.435. The summed E-state index contributed by atoms with van der Waals surface area (Å²) in [6, 6.07) is 12.2. The second-order valence-corrected chi connectivity index (χ2v) is 6.61. The van der Waals surface area contributed by atoms with Crippen LogP contribution in [0.1, 0.15) is 22.2 Å². The van der Waals surface area contributed by atoms with Crippen LogP contribution >= 0.6 is 0 Å². The number of nitrogens with one attached hydrogen (secondary N) is 2. The zero-order valence-corrected chi connectivity index (χ0v) is 12.5. The first-order valence-corrected chi connectivity index (χ1v) is 8.42. The third-order valence-corrected chi connectivity index (χ3v) is 3.69. The summed E-state index contributed by atoms with van der Waals surface area (Å²) in [4.78, 5) is 19.1. The second-order valence-electron chi connectivity index (χ2n) is 4.89. The van der Waals surface area contributed by atoms with Gasteiger partial charge in [-0.25, -0.2) is 13.4 Å². The standard InChI is InChI=1S/C14H14N4O3S/c1-22(20,21)17-18-13(12-8-4-5-9-15-12)16-11-7-3-2-6-10(11)14(18)19/h2-9,13,16-17H,1H3. The van der Waals surface area contributed by atoms with E-state index in [1.807, 2.05) is 0 Å². The van der Waals surface area contributed by atoms with E-state index in [-0.39, 0.29) is 0 Å². The molecule has 1 aliphatic heterocycles. The molecule has 7 nitrogen and oxygen atoms in total. The molecule has 8 heteroatoms. The normalized spacial score (nSPS) is 17.8. The molecule has 114 valence electrons. The summed E-state index contributed by atoms with van der Waals surface area (Å²) in [6.45, 7) is 0. The number of nitrogens with zero attached hydrogens (tertiary/aromatic N) is 2. The minimum Gasteiger partial charge on any atom is -0.358 e. The molecular weight excluding hydrogens is 304 g/mol. The van der Waals surface area contributed by atoms with Crippen molar-refractivity contribution < 1.29 is 13.2 Å². The van der Waals surface area contributed by atoms with Crippen LogP contribution in [0.2, 0.25) is 0 Å².